The SMILES string of the molecule is CCC(=O)Nc1ccc(SCC(=O)Nc2cccc(C)c2C)nn1. The number of carbonyl (C=O) groups excluding carboxylic acids is 2. The van der Waals surface area contributed by atoms with Gasteiger partial charge in [0.15, 0.2) is 5.82 Å². The van der Waals surface area contributed by atoms with Crippen LogP contribution in [0, 0.1) is 13.8 Å². The first-order valence-corrected chi connectivity index (χ1v) is 8.60. The highest BCUT2D eigenvalue weighted by Gasteiger charge is 2.08. The van der Waals surface area contributed by atoms with Gasteiger partial charge in [-0.25, -0.2) is 0 Å². The summed E-state index contributed by atoms with van der Waals surface area (Å²) in [6.07, 6.45) is 0.386. The van der Waals surface area contributed by atoms with Crippen LogP contribution in [0.4, 0.5) is 11.5 Å². The van der Waals surface area contributed by atoms with Gasteiger partial charge in [0.1, 0.15) is 5.03 Å². The van der Waals surface area contributed by atoms with Crippen molar-refractivity contribution in [1.29, 1.82) is 0 Å². The molecule has 1 aromatic carbocycles. The zero-order chi connectivity index (χ0) is 17.5. The van der Waals surface area contributed by atoms with E-state index < -0.39 is 0 Å². The van der Waals surface area contributed by atoms with Crippen LogP contribution in [0.1, 0.15) is 24.5 Å². The van der Waals surface area contributed by atoms with Crippen molar-refractivity contribution >= 4 is 35.1 Å². The molecule has 126 valence electrons. The molecule has 0 aliphatic heterocycles. The first kappa shape index (κ1) is 17.9. The Labute approximate surface area is 145 Å². The van der Waals surface area contributed by atoms with Crippen molar-refractivity contribution in [3.8, 4) is 0 Å². The fourth-order valence-corrected chi connectivity index (χ4v) is 2.52. The van der Waals surface area contributed by atoms with Crippen molar-refractivity contribution in [2.75, 3.05) is 16.4 Å². The minimum absolute atomic E-state index is 0.0983. The molecule has 0 saturated heterocycles. The number of amides is 2. The van der Waals surface area contributed by atoms with E-state index in [0.717, 1.165) is 16.8 Å². The molecule has 0 fully saturated rings. The zero-order valence-electron chi connectivity index (χ0n) is 13.9. The van der Waals surface area contributed by atoms with Gasteiger partial charge < -0.3 is 10.6 Å². The molecule has 0 bridgehead atoms. The molecule has 2 amide bonds. The second-order valence-electron chi connectivity index (χ2n) is 5.24. The van der Waals surface area contributed by atoms with E-state index in [-0.39, 0.29) is 17.6 Å². The smallest absolute Gasteiger partial charge is 0.234 e. The number of nitrogens with zero attached hydrogens (tertiary/aromatic N) is 2. The van der Waals surface area contributed by atoms with Crippen molar-refractivity contribution in [2.24, 2.45) is 0 Å². The Morgan fingerprint density at radius 2 is 1.83 bits per heavy atom. The fourth-order valence-electron chi connectivity index (χ4n) is 1.91. The van der Waals surface area contributed by atoms with Crippen molar-refractivity contribution in [3.63, 3.8) is 0 Å². The van der Waals surface area contributed by atoms with Crippen LogP contribution in [0.15, 0.2) is 35.4 Å². The quantitative estimate of drug-likeness (QED) is 0.786. The Morgan fingerprint density at radius 1 is 1.04 bits per heavy atom. The van der Waals surface area contributed by atoms with Crippen molar-refractivity contribution in [2.45, 2.75) is 32.2 Å². The molecule has 0 aliphatic carbocycles. The van der Waals surface area contributed by atoms with Crippen molar-refractivity contribution in [3.05, 3.63) is 41.5 Å². The summed E-state index contributed by atoms with van der Waals surface area (Å²) in [7, 11) is 0. The zero-order valence-corrected chi connectivity index (χ0v) is 14.7. The third kappa shape index (κ3) is 5.06. The van der Waals surface area contributed by atoms with Crippen LogP contribution in [0.2, 0.25) is 0 Å². The number of thioether (sulfide) groups is 1. The number of aromatic nitrogens is 2. The van der Waals surface area contributed by atoms with Gasteiger partial charge in [-0.3, -0.25) is 9.59 Å². The normalized spacial score (nSPS) is 10.3. The van der Waals surface area contributed by atoms with Crippen LogP contribution in [0.25, 0.3) is 0 Å². The average Bonchev–Trinajstić information content (AvgIpc) is 2.58. The molecule has 2 rings (SSSR count). The molecule has 24 heavy (non-hydrogen) atoms. The lowest BCUT2D eigenvalue weighted by atomic mass is 10.1. The standard InChI is InChI=1S/C17H20N4O2S/c1-4-15(22)19-14-8-9-17(21-20-14)24-10-16(23)18-13-7-5-6-11(2)12(13)3/h5-9H,4,10H2,1-3H3,(H,18,23)(H,19,20,22). The molecule has 0 saturated carbocycles. The molecule has 2 aromatic rings. The highest BCUT2D eigenvalue weighted by atomic mass is 32.2. The van der Waals surface area contributed by atoms with Gasteiger partial charge in [0.2, 0.25) is 11.8 Å². The predicted octanol–water partition coefficient (Wildman–Crippen LogP) is 3.17. The molecule has 7 heteroatoms. The van der Waals surface area contributed by atoms with E-state index in [1.54, 1.807) is 19.1 Å². The Kier molecular flexibility index (Phi) is 6.31. The summed E-state index contributed by atoms with van der Waals surface area (Å²) in [6, 6.07) is 9.21. The maximum atomic E-state index is 12.1. The Balaban J connectivity index is 1.87. The van der Waals surface area contributed by atoms with Gasteiger partial charge in [-0.15, -0.1) is 10.2 Å². The van der Waals surface area contributed by atoms with Crippen LogP contribution in [0.3, 0.4) is 0 Å². The van der Waals surface area contributed by atoms with E-state index >= 15 is 0 Å². The summed E-state index contributed by atoms with van der Waals surface area (Å²) in [5.41, 5.74) is 3.02. The highest BCUT2D eigenvalue weighted by Crippen LogP contribution is 2.20. The first-order chi connectivity index (χ1) is 11.5. The second kappa shape index (κ2) is 8.44. The molecule has 2 N–H and O–H groups in total. The Hall–Kier alpha value is -2.41. The summed E-state index contributed by atoms with van der Waals surface area (Å²) in [6.45, 7) is 5.75. The second-order valence-corrected chi connectivity index (χ2v) is 6.24. The summed E-state index contributed by atoms with van der Waals surface area (Å²) < 4.78 is 0. The number of nitrogens with one attached hydrogen (secondary N) is 2. The van der Waals surface area contributed by atoms with Gasteiger partial charge in [0.25, 0.3) is 0 Å². The van der Waals surface area contributed by atoms with E-state index in [1.165, 1.54) is 11.8 Å². The molecule has 0 aliphatic rings. The number of rotatable bonds is 6. The minimum Gasteiger partial charge on any atom is -0.325 e. The van der Waals surface area contributed by atoms with E-state index in [2.05, 4.69) is 20.8 Å². The van der Waals surface area contributed by atoms with Gasteiger partial charge >= 0.3 is 0 Å². The molecule has 0 unspecified atom stereocenters. The number of hydrogen-bond acceptors (Lipinski definition) is 5. The molecular weight excluding hydrogens is 324 g/mol. The molecule has 0 radical (unpaired) electrons. The van der Waals surface area contributed by atoms with Crippen LogP contribution in [-0.2, 0) is 9.59 Å². The number of benzene rings is 1. The fraction of sp³-hybridized carbons (Fsp3) is 0.294. The number of anilines is 2. The van der Waals surface area contributed by atoms with Crippen LogP contribution in [0.5, 0.6) is 0 Å². The van der Waals surface area contributed by atoms with Crippen LogP contribution < -0.4 is 10.6 Å². The van der Waals surface area contributed by atoms with Crippen LogP contribution in [-0.4, -0.2) is 27.8 Å². The average molecular weight is 344 g/mol. The lowest BCUT2D eigenvalue weighted by molar-refractivity contribution is -0.116. The summed E-state index contributed by atoms with van der Waals surface area (Å²) in [5.74, 6) is 0.436. The van der Waals surface area contributed by atoms with Gasteiger partial charge in [0, 0.05) is 12.1 Å². The molecule has 0 atom stereocenters. The largest absolute Gasteiger partial charge is 0.325 e. The van der Waals surface area contributed by atoms with Gasteiger partial charge in [0.05, 0.1) is 5.75 Å². The molecular formula is C17H20N4O2S. The molecule has 1 heterocycles. The molecule has 0 spiro atoms. The van der Waals surface area contributed by atoms with Gasteiger partial charge in [-0.2, -0.15) is 0 Å². The third-order valence-corrected chi connectivity index (χ3v) is 4.38. The van der Waals surface area contributed by atoms with Gasteiger partial charge in [-0.1, -0.05) is 30.8 Å². The molecule has 1 aromatic heterocycles. The van der Waals surface area contributed by atoms with Crippen molar-refractivity contribution in [1.82, 2.24) is 10.2 Å². The Bertz CT molecular complexity index is 732. The number of aryl methyl sites for hydroxylation is 1. The topological polar surface area (TPSA) is 84.0 Å². The van der Waals surface area contributed by atoms with E-state index in [4.69, 9.17) is 0 Å². The maximum Gasteiger partial charge on any atom is 0.234 e. The van der Waals surface area contributed by atoms with Gasteiger partial charge in [-0.05, 0) is 43.2 Å². The summed E-state index contributed by atoms with van der Waals surface area (Å²) in [4.78, 5) is 23.3. The minimum atomic E-state index is -0.113. The number of carbonyl (C=O) groups is 2. The lowest BCUT2D eigenvalue weighted by Gasteiger charge is -2.10. The maximum absolute atomic E-state index is 12.1. The van der Waals surface area contributed by atoms with Crippen molar-refractivity contribution < 1.29 is 9.59 Å². The molecule has 6 nitrogen and oxygen atoms in total. The monoisotopic (exact) mass is 344 g/mol. The summed E-state index contributed by atoms with van der Waals surface area (Å²) >= 11 is 1.29. The lowest BCUT2D eigenvalue weighted by Crippen LogP contribution is -2.15. The Morgan fingerprint density at radius 3 is 2.50 bits per heavy atom. The first-order valence-electron chi connectivity index (χ1n) is 7.62. The van der Waals surface area contributed by atoms with E-state index in [1.807, 2.05) is 32.0 Å². The number of hydrogen-bond donors (Lipinski definition) is 2. The van der Waals surface area contributed by atoms with Crippen LogP contribution >= 0.6 is 11.8 Å². The third-order valence-electron chi connectivity index (χ3n) is 3.46. The predicted molar refractivity (Wildman–Crippen MR) is 96.2 cm³/mol. The van der Waals surface area contributed by atoms with E-state index in [0.29, 0.717) is 17.3 Å². The highest BCUT2D eigenvalue weighted by molar-refractivity contribution is 7.99. The summed E-state index contributed by atoms with van der Waals surface area (Å²) in [5, 5.41) is 14.1. The van der Waals surface area contributed by atoms with E-state index in [9.17, 15) is 9.59 Å².